The fourth-order valence-electron chi connectivity index (χ4n) is 2.35. The minimum absolute atomic E-state index is 0. The van der Waals surface area contributed by atoms with E-state index in [-0.39, 0.29) is 56.3 Å². The summed E-state index contributed by atoms with van der Waals surface area (Å²) in [4.78, 5) is 67.4. The van der Waals surface area contributed by atoms with Gasteiger partial charge >= 0.3 is 17.1 Å². The largest absolute Gasteiger partial charge is 6.00 e. The third-order valence-electron chi connectivity index (χ3n) is 3.32. The van der Waals surface area contributed by atoms with Crippen molar-refractivity contribution >= 4 is 22.8 Å². The maximum absolute atomic E-state index is 11.0. The third kappa shape index (κ3) is 13.6. The zero-order valence-corrected chi connectivity index (χ0v) is 16.9. The van der Waals surface area contributed by atoms with Crippen LogP contribution in [0.3, 0.4) is 0 Å². The second-order valence-electron chi connectivity index (χ2n) is 5.64. The van der Waals surface area contributed by atoms with Gasteiger partial charge < -0.3 is 43.1 Å². The summed E-state index contributed by atoms with van der Waals surface area (Å²) in [5.41, 5.74) is 0. The summed E-state index contributed by atoms with van der Waals surface area (Å²) in [5.74, 6) is 0. The Morgan fingerprint density at radius 1 is 0.640 bits per heavy atom. The first-order valence-corrected chi connectivity index (χ1v) is 12.2. The molecule has 1 fully saturated rings. The summed E-state index contributed by atoms with van der Waals surface area (Å²) in [6, 6.07) is 0. The van der Waals surface area contributed by atoms with E-state index in [2.05, 4.69) is 0 Å². The van der Waals surface area contributed by atoms with Gasteiger partial charge in [0, 0.05) is 51.8 Å². The normalized spacial score (nSPS) is 22.3. The number of rotatable bonds is 6. The van der Waals surface area contributed by atoms with Crippen molar-refractivity contribution in [2.24, 2.45) is 0 Å². The van der Waals surface area contributed by atoms with Gasteiger partial charge in [-0.05, 0) is 0 Å². The summed E-state index contributed by atoms with van der Waals surface area (Å²) in [5, 5.41) is 0. The van der Waals surface area contributed by atoms with Gasteiger partial charge in [-0.3, -0.25) is 14.7 Å². The van der Waals surface area contributed by atoms with Crippen LogP contribution in [0.5, 0.6) is 0 Å². The third-order valence-corrected chi connectivity index (χ3v) is 5.57. The van der Waals surface area contributed by atoms with Crippen LogP contribution in [0, 0.1) is 0 Å². The Hall–Kier alpha value is 0.849. The Morgan fingerprint density at radius 2 is 0.880 bits per heavy atom. The van der Waals surface area contributed by atoms with Gasteiger partial charge in [0.2, 0.25) is 0 Å². The molecule has 0 amide bonds. The van der Waals surface area contributed by atoms with E-state index < -0.39 is 41.6 Å². The minimum Gasteiger partial charge on any atom is -0.810 e. The van der Waals surface area contributed by atoms with Crippen LogP contribution in [0.1, 0.15) is 0 Å². The Balaban J connectivity index is 0.00000576. The topological polar surface area (TPSA) is 196 Å². The van der Waals surface area contributed by atoms with Gasteiger partial charge in [0.05, 0.1) is 6.29 Å². The van der Waals surface area contributed by atoms with Crippen molar-refractivity contribution in [2.45, 2.75) is 0 Å². The molecule has 1 saturated heterocycles. The van der Waals surface area contributed by atoms with Crippen molar-refractivity contribution in [1.29, 1.82) is 0 Å². The van der Waals surface area contributed by atoms with Crippen molar-refractivity contribution in [3.63, 3.8) is 0 Å². The minimum atomic E-state index is -4.86. The Labute approximate surface area is 156 Å². The monoisotopic (exact) mass is 462 g/mol. The van der Waals surface area contributed by atoms with E-state index in [1.54, 1.807) is 0 Å². The molecular weight excluding hydrogens is 443 g/mol. The average Bonchev–Trinajstić information content (AvgIpc) is 2.39. The predicted octanol–water partition coefficient (Wildman–Crippen LogP) is -4.85. The van der Waals surface area contributed by atoms with Gasteiger partial charge in [0.1, 0.15) is 7.60 Å². The molecule has 1 unspecified atom stereocenters. The quantitative estimate of drug-likeness (QED) is 0.292. The first kappa shape index (κ1) is 25.8. The molecular formula is C9H19FeN3O9P3+. The van der Waals surface area contributed by atoms with Crippen molar-refractivity contribution in [3.05, 3.63) is 0 Å². The number of hydrogen-bond donors (Lipinski definition) is 1. The zero-order chi connectivity index (χ0) is 18.6. The van der Waals surface area contributed by atoms with Gasteiger partial charge in [0.25, 0.3) is 0 Å². The standard InChI is InChI=1S/C9H24N3O9P3.Fe/c13-22(14,15)7-10-1-2-11(8-23(16,17)18)5-6-12(4-3-10)9-24(19,20)21;/h1-9H2,(H2,13,14,15)(H2,16,17,18)(H2,19,20,21);/q;+6/p-5. The smallest absolute Gasteiger partial charge is 0.810 e. The van der Waals surface area contributed by atoms with Crippen LogP contribution in [0.15, 0.2) is 0 Å². The first-order chi connectivity index (χ1) is 10.7. The fourth-order valence-corrected chi connectivity index (χ4v) is 4.68. The number of hydrogen-bond acceptors (Lipinski definition) is 11. The van der Waals surface area contributed by atoms with Crippen LogP contribution in [0.4, 0.5) is 0 Å². The Morgan fingerprint density at radius 3 is 1.08 bits per heavy atom. The maximum atomic E-state index is 11.0. The van der Waals surface area contributed by atoms with Gasteiger partial charge in [0.15, 0.2) is 0 Å². The molecule has 1 atom stereocenters. The molecule has 12 nitrogen and oxygen atoms in total. The molecule has 146 valence electrons. The fraction of sp³-hybridized carbons (Fsp3) is 1.00. The van der Waals surface area contributed by atoms with E-state index in [0.29, 0.717) is 0 Å². The van der Waals surface area contributed by atoms with E-state index in [1.165, 1.54) is 14.7 Å². The van der Waals surface area contributed by atoms with Crippen molar-refractivity contribution < 1.29 is 60.1 Å². The average molecular weight is 462 g/mol. The molecule has 1 heterocycles. The molecule has 0 aromatic rings. The van der Waals surface area contributed by atoms with Gasteiger partial charge in [-0.2, -0.15) is 0 Å². The molecule has 1 aliphatic rings. The Kier molecular flexibility index (Phi) is 10.8. The van der Waals surface area contributed by atoms with Crippen LogP contribution >= 0.6 is 22.8 Å². The van der Waals surface area contributed by atoms with E-state index in [1.807, 2.05) is 0 Å². The molecule has 1 aliphatic heterocycles. The van der Waals surface area contributed by atoms with E-state index in [4.69, 9.17) is 4.89 Å². The SMILES string of the molecule is O=P([O-])([O-])CN1CCN(CP(=O)([O-])[O-])CCN(CP(=O)([O-])O)CC1.[Fe+6]. The maximum Gasteiger partial charge on any atom is 6.00 e. The first-order valence-electron chi connectivity index (χ1n) is 6.96. The summed E-state index contributed by atoms with van der Waals surface area (Å²) in [6.07, 6.45) is -2.29. The molecule has 1 rings (SSSR count). The van der Waals surface area contributed by atoms with Crippen LogP contribution in [0.2, 0.25) is 0 Å². The van der Waals surface area contributed by atoms with E-state index >= 15 is 0 Å². The molecule has 0 bridgehead atoms. The second kappa shape index (κ2) is 10.4. The summed E-state index contributed by atoms with van der Waals surface area (Å²) in [7, 11) is -14.3. The van der Waals surface area contributed by atoms with Crippen molar-refractivity contribution in [1.82, 2.24) is 14.7 Å². The molecule has 25 heavy (non-hydrogen) atoms. The van der Waals surface area contributed by atoms with Gasteiger partial charge in [-0.1, -0.05) is 15.2 Å². The van der Waals surface area contributed by atoms with Crippen LogP contribution in [-0.2, 0) is 30.8 Å². The van der Waals surface area contributed by atoms with E-state index in [0.717, 1.165) is 0 Å². The summed E-state index contributed by atoms with van der Waals surface area (Å²) >= 11 is 0. The predicted molar refractivity (Wildman–Crippen MR) is 74.4 cm³/mol. The van der Waals surface area contributed by atoms with Gasteiger partial charge in [-0.15, -0.1) is 0 Å². The van der Waals surface area contributed by atoms with Crippen LogP contribution in [0.25, 0.3) is 0 Å². The zero-order valence-electron chi connectivity index (χ0n) is 13.1. The molecule has 16 heteroatoms. The van der Waals surface area contributed by atoms with Gasteiger partial charge in [-0.25, -0.2) is 0 Å². The Bertz CT molecular complexity index is 462. The summed E-state index contributed by atoms with van der Waals surface area (Å²) in [6.45, 7) is 0.219. The molecule has 0 saturated carbocycles. The van der Waals surface area contributed by atoms with Crippen molar-refractivity contribution in [3.8, 4) is 0 Å². The molecule has 0 spiro atoms. The summed E-state index contributed by atoms with van der Waals surface area (Å²) < 4.78 is 32.9. The van der Waals surface area contributed by atoms with Crippen LogP contribution < -0.4 is 24.5 Å². The molecule has 0 aromatic carbocycles. The molecule has 0 aromatic heterocycles. The number of nitrogens with zero attached hydrogens (tertiary/aromatic N) is 3. The van der Waals surface area contributed by atoms with Crippen molar-refractivity contribution in [2.75, 3.05) is 58.1 Å². The van der Waals surface area contributed by atoms with E-state index in [9.17, 15) is 38.2 Å². The molecule has 0 radical (unpaired) electrons. The molecule has 0 aliphatic carbocycles. The van der Waals surface area contributed by atoms with Crippen LogP contribution in [-0.4, -0.2) is 77.7 Å². The second-order valence-corrected chi connectivity index (χ2v) is 10.2. The molecule has 1 N–H and O–H groups in total.